The van der Waals surface area contributed by atoms with Crippen molar-refractivity contribution in [2.24, 2.45) is 4.99 Å². The normalized spacial score (nSPS) is 13.1. The standard InChI is InChI=1S/C28H39FN2O/c1-12-17(7)19(9)24(18(8)15(3)4)28(30)26-22(13-2)23(14-32)25(20(10)27(26)29)21(11)31-16(5)6/h12,30,32H,5,13-14H2,1-4,6-11H3/b17-12-,24-19-,30-28?,31-21?. The van der Waals surface area contributed by atoms with E-state index in [1.54, 1.807) is 20.8 Å². The summed E-state index contributed by atoms with van der Waals surface area (Å²) < 4.78 is 16.0. The number of aliphatic imine (C=N–C) groups is 1. The van der Waals surface area contributed by atoms with Gasteiger partial charge in [0, 0.05) is 28.1 Å². The van der Waals surface area contributed by atoms with Crippen LogP contribution in [-0.4, -0.2) is 16.5 Å². The molecule has 0 aliphatic carbocycles. The van der Waals surface area contributed by atoms with Gasteiger partial charge in [-0.15, -0.1) is 0 Å². The van der Waals surface area contributed by atoms with E-state index < -0.39 is 5.82 Å². The Hall–Kier alpha value is -2.59. The summed E-state index contributed by atoms with van der Waals surface area (Å²) in [6, 6.07) is 0. The van der Waals surface area contributed by atoms with Crippen molar-refractivity contribution < 1.29 is 9.50 Å². The van der Waals surface area contributed by atoms with Crippen molar-refractivity contribution in [2.45, 2.75) is 82.3 Å². The van der Waals surface area contributed by atoms with Crippen molar-refractivity contribution in [3.8, 4) is 0 Å². The van der Waals surface area contributed by atoms with E-state index in [-0.39, 0.29) is 17.9 Å². The number of nitrogens with one attached hydrogen (secondary N) is 1. The quantitative estimate of drug-likeness (QED) is 0.320. The van der Waals surface area contributed by atoms with Crippen LogP contribution in [0.2, 0.25) is 0 Å². The summed E-state index contributed by atoms with van der Waals surface area (Å²) in [4.78, 5) is 4.42. The SMILES string of the molecule is C=C(C)N=C(C)c1c(C)c(F)c(C(=N)/C(C(C)=C(C)C)=C(C)\C(C)=C/C)c(CC)c1CO. The number of rotatable bonds is 8. The van der Waals surface area contributed by atoms with Gasteiger partial charge in [-0.05, 0) is 96.6 Å². The first-order valence-corrected chi connectivity index (χ1v) is 11.1. The van der Waals surface area contributed by atoms with Crippen LogP contribution in [0.4, 0.5) is 4.39 Å². The van der Waals surface area contributed by atoms with E-state index in [0.29, 0.717) is 40.1 Å². The van der Waals surface area contributed by atoms with Crippen molar-refractivity contribution in [3.63, 3.8) is 0 Å². The van der Waals surface area contributed by atoms with Crippen LogP contribution in [0.25, 0.3) is 0 Å². The maximum Gasteiger partial charge on any atom is 0.136 e. The van der Waals surface area contributed by atoms with E-state index in [0.717, 1.165) is 27.9 Å². The fourth-order valence-electron chi connectivity index (χ4n) is 4.06. The maximum absolute atomic E-state index is 16.0. The molecule has 0 amide bonds. The van der Waals surface area contributed by atoms with Crippen LogP contribution in [-0.2, 0) is 13.0 Å². The number of aliphatic hydroxyl groups is 1. The molecule has 0 saturated carbocycles. The minimum atomic E-state index is -0.430. The molecule has 0 bridgehead atoms. The van der Waals surface area contributed by atoms with Gasteiger partial charge >= 0.3 is 0 Å². The van der Waals surface area contributed by atoms with Crippen molar-refractivity contribution in [1.82, 2.24) is 0 Å². The summed E-state index contributed by atoms with van der Waals surface area (Å²) in [6.07, 6.45) is 2.49. The largest absolute Gasteiger partial charge is 0.392 e. The molecule has 1 aromatic carbocycles. The molecule has 3 nitrogen and oxygen atoms in total. The lowest BCUT2D eigenvalue weighted by Gasteiger charge is -2.24. The first-order valence-electron chi connectivity index (χ1n) is 11.1. The Bertz CT molecular complexity index is 1060. The van der Waals surface area contributed by atoms with Gasteiger partial charge in [-0.2, -0.15) is 0 Å². The van der Waals surface area contributed by atoms with Gasteiger partial charge in [0.2, 0.25) is 0 Å². The van der Waals surface area contributed by atoms with E-state index in [1.165, 1.54) is 0 Å². The zero-order chi connectivity index (χ0) is 24.9. The predicted molar refractivity (Wildman–Crippen MR) is 136 cm³/mol. The average Bonchev–Trinajstić information content (AvgIpc) is 2.73. The molecule has 0 aliphatic rings. The topological polar surface area (TPSA) is 56.4 Å². The lowest BCUT2D eigenvalue weighted by Crippen LogP contribution is -2.19. The van der Waals surface area contributed by atoms with Crippen LogP contribution in [0.5, 0.6) is 0 Å². The Labute approximate surface area is 193 Å². The molecule has 0 atom stereocenters. The Morgan fingerprint density at radius 2 is 1.59 bits per heavy atom. The molecule has 0 saturated heterocycles. The molecule has 0 spiro atoms. The predicted octanol–water partition coefficient (Wildman–Crippen LogP) is 7.54. The molecule has 0 unspecified atom stereocenters. The van der Waals surface area contributed by atoms with Crippen LogP contribution in [0.15, 0.2) is 51.2 Å². The van der Waals surface area contributed by atoms with Crippen molar-refractivity contribution in [2.75, 3.05) is 0 Å². The van der Waals surface area contributed by atoms with E-state index in [4.69, 9.17) is 5.41 Å². The van der Waals surface area contributed by atoms with Gasteiger partial charge in [-0.1, -0.05) is 30.7 Å². The van der Waals surface area contributed by atoms with Gasteiger partial charge < -0.3 is 5.11 Å². The zero-order valence-electron chi connectivity index (χ0n) is 21.5. The number of allylic oxidation sites excluding steroid dienone is 7. The first kappa shape index (κ1) is 27.4. The number of hydrogen-bond acceptors (Lipinski definition) is 3. The van der Waals surface area contributed by atoms with Crippen molar-refractivity contribution in [1.29, 1.82) is 5.41 Å². The highest BCUT2D eigenvalue weighted by atomic mass is 19.1. The van der Waals surface area contributed by atoms with Crippen LogP contribution < -0.4 is 0 Å². The van der Waals surface area contributed by atoms with Crippen LogP contribution in [0, 0.1) is 18.2 Å². The highest BCUT2D eigenvalue weighted by Gasteiger charge is 2.27. The number of aliphatic hydroxyl groups excluding tert-OH is 1. The summed E-state index contributed by atoms with van der Waals surface area (Å²) >= 11 is 0. The first-order chi connectivity index (χ1) is 14.8. The summed E-state index contributed by atoms with van der Waals surface area (Å²) in [5.74, 6) is -0.430. The summed E-state index contributed by atoms with van der Waals surface area (Å²) in [5, 5.41) is 19.5. The second-order valence-electron chi connectivity index (χ2n) is 8.56. The van der Waals surface area contributed by atoms with E-state index in [1.807, 2.05) is 54.5 Å². The van der Waals surface area contributed by atoms with Crippen LogP contribution >= 0.6 is 0 Å². The molecule has 0 aromatic heterocycles. The zero-order valence-corrected chi connectivity index (χ0v) is 21.5. The highest BCUT2D eigenvalue weighted by Crippen LogP contribution is 2.34. The molecule has 0 radical (unpaired) electrons. The average molecular weight is 439 g/mol. The third kappa shape index (κ3) is 5.42. The molecule has 1 aromatic rings. The Morgan fingerprint density at radius 3 is 2.00 bits per heavy atom. The van der Waals surface area contributed by atoms with Crippen LogP contribution in [0.1, 0.15) is 90.1 Å². The molecule has 1 rings (SSSR count). The second kappa shape index (κ2) is 11.3. The van der Waals surface area contributed by atoms with Crippen molar-refractivity contribution in [3.05, 3.63) is 79.9 Å². The van der Waals surface area contributed by atoms with E-state index >= 15 is 4.39 Å². The van der Waals surface area contributed by atoms with Gasteiger partial charge in [-0.3, -0.25) is 10.4 Å². The Morgan fingerprint density at radius 1 is 1.03 bits per heavy atom. The van der Waals surface area contributed by atoms with Crippen LogP contribution in [0.3, 0.4) is 0 Å². The maximum atomic E-state index is 16.0. The van der Waals surface area contributed by atoms with E-state index in [9.17, 15) is 5.11 Å². The third-order valence-corrected chi connectivity index (χ3v) is 6.15. The number of hydrogen-bond donors (Lipinski definition) is 2. The lowest BCUT2D eigenvalue weighted by atomic mass is 9.81. The molecule has 4 heteroatoms. The molecule has 0 fully saturated rings. The minimum Gasteiger partial charge on any atom is -0.392 e. The monoisotopic (exact) mass is 438 g/mol. The summed E-state index contributed by atoms with van der Waals surface area (Å²) in [5.41, 5.74) is 8.68. The van der Waals surface area contributed by atoms with Gasteiger partial charge in [-0.25, -0.2) is 4.39 Å². The molecule has 0 heterocycles. The molecule has 32 heavy (non-hydrogen) atoms. The second-order valence-corrected chi connectivity index (χ2v) is 8.56. The fraction of sp³-hybridized carbons (Fsp3) is 0.429. The molecular formula is C28H39FN2O. The fourth-order valence-corrected chi connectivity index (χ4v) is 4.06. The van der Waals surface area contributed by atoms with Gasteiger partial charge in [0.15, 0.2) is 0 Å². The minimum absolute atomic E-state index is 0.149. The molecular weight excluding hydrogens is 399 g/mol. The number of halogens is 1. The van der Waals surface area contributed by atoms with Gasteiger partial charge in [0.1, 0.15) is 5.82 Å². The Balaban J connectivity index is 4.17. The van der Waals surface area contributed by atoms with Gasteiger partial charge in [0.05, 0.1) is 12.3 Å². The molecule has 174 valence electrons. The Kier molecular flexibility index (Phi) is 9.71. The number of benzene rings is 1. The smallest absolute Gasteiger partial charge is 0.136 e. The lowest BCUT2D eigenvalue weighted by molar-refractivity contribution is 0.280. The van der Waals surface area contributed by atoms with Gasteiger partial charge in [0.25, 0.3) is 0 Å². The summed E-state index contributed by atoms with van der Waals surface area (Å²) in [7, 11) is 0. The molecule has 0 aliphatic heterocycles. The van der Waals surface area contributed by atoms with E-state index in [2.05, 4.69) is 11.6 Å². The van der Waals surface area contributed by atoms with Crippen molar-refractivity contribution >= 4 is 11.4 Å². The third-order valence-electron chi connectivity index (χ3n) is 6.15. The number of nitrogens with zero attached hydrogens (tertiary/aromatic N) is 1. The molecule has 2 N–H and O–H groups in total. The summed E-state index contributed by atoms with van der Waals surface area (Å²) in [6.45, 7) is 22.7. The highest BCUT2D eigenvalue weighted by molar-refractivity contribution is 6.16.